The van der Waals surface area contributed by atoms with E-state index in [0.717, 1.165) is 51.0 Å². The average Bonchev–Trinajstić information content (AvgIpc) is 3.49. The number of hydrogen-bond acceptors (Lipinski definition) is 5. The number of hydrogen-bond donors (Lipinski definition) is 3. The second-order valence-corrected chi connectivity index (χ2v) is 11.9. The Bertz CT molecular complexity index is 1100. The fourth-order valence-corrected chi connectivity index (χ4v) is 6.60. The van der Waals surface area contributed by atoms with Crippen LogP contribution in [0.2, 0.25) is 0 Å². The van der Waals surface area contributed by atoms with Crippen molar-refractivity contribution in [3.63, 3.8) is 0 Å². The van der Waals surface area contributed by atoms with Crippen LogP contribution >= 0.6 is 36.2 Å². The van der Waals surface area contributed by atoms with Crippen molar-refractivity contribution in [1.29, 1.82) is 0 Å². The van der Waals surface area contributed by atoms with Crippen LogP contribution in [0.1, 0.15) is 82.0 Å². The number of thiophene rings is 1. The van der Waals surface area contributed by atoms with Crippen molar-refractivity contribution in [2.45, 2.75) is 75.4 Å². The van der Waals surface area contributed by atoms with Crippen molar-refractivity contribution in [3.8, 4) is 0 Å². The number of nitrogens with one attached hydrogen (secondary N) is 2. The molecule has 2 atom stereocenters. The normalized spacial score (nSPS) is 23.3. The van der Waals surface area contributed by atoms with Gasteiger partial charge in [-0.1, -0.05) is 12.1 Å². The number of likely N-dealkylation sites (tertiary alicyclic amines) is 1. The first kappa shape index (κ1) is 31.7. The number of carbonyl (C=O) groups excluding carboxylic acids is 1. The quantitative estimate of drug-likeness (QED) is 0.330. The molecular formula is C28H37Cl2F2N3O3S. The minimum absolute atomic E-state index is 0. The van der Waals surface area contributed by atoms with Gasteiger partial charge in [0.25, 0.3) is 5.91 Å². The highest BCUT2D eigenvalue weighted by Gasteiger charge is 2.40. The van der Waals surface area contributed by atoms with Gasteiger partial charge in [-0.15, -0.1) is 36.2 Å². The molecule has 1 aromatic carbocycles. The molecule has 1 saturated heterocycles. The summed E-state index contributed by atoms with van der Waals surface area (Å²) in [5.41, 5.74) is 2.11. The highest BCUT2D eigenvalue weighted by atomic mass is 35.5. The second-order valence-electron chi connectivity index (χ2n) is 10.9. The van der Waals surface area contributed by atoms with E-state index >= 15 is 0 Å². The number of benzene rings is 1. The fraction of sp³-hybridized carbons (Fsp3) is 0.571. The van der Waals surface area contributed by atoms with Crippen LogP contribution in [0, 0.1) is 5.92 Å². The molecule has 2 aliphatic carbocycles. The maximum Gasteiger partial charge on any atom is 0.335 e. The summed E-state index contributed by atoms with van der Waals surface area (Å²) >= 11 is 1.62. The van der Waals surface area contributed by atoms with E-state index in [1.165, 1.54) is 4.88 Å². The molecule has 39 heavy (non-hydrogen) atoms. The molecule has 2 saturated carbocycles. The lowest BCUT2D eigenvalue weighted by Gasteiger charge is -2.32. The van der Waals surface area contributed by atoms with Crippen molar-refractivity contribution in [3.05, 3.63) is 57.3 Å². The van der Waals surface area contributed by atoms with Gasteiger partial charge < -0.3 is 15.7 Å². The summed E-state index contributed by atoms with van der Waals surface area (Å²) in [6, 6.07) is 9.43. The minimum atomic E-state index is -2.58. The van der Waals surface area contributed by atoms with Gasteiger partial charge in [-0.3, -0.25) is 9.69 Å². The van der Waals surface area contributed by atoms with Gasteiger partial charge in [0.1, 0.15) is 0 Å². The molecular weight excluding hydrogens is 567 g/mol. The number of carboxylic acid groups (broad SMARTS) is 1. The van der Waals surface area contributed by atoms with E-state index in [1.54, 1.807) is 23.5 Å². The molecule has 0 radical (unpaired) electrons. The predicted octanol–water partition coefficient (Wildman–Crippen LogP) is 5.96. The van der Waals surface area contributed by atoms with Gasteiger partial charge >= 0.3 is 5.97 Å². The van der Waals surface area contributed by atoms with Gasteiger partial charge in [0, 0.05) is 47.6 Å². The zero-order valence-corrected chi connectivity index (χ0v) is 24.2. The first-order chi connectivity index (χ1) is 17.8. The molecule has 3 N–H and O–H groups in total. The molecule has 5 rings (SSSR count). The maximum absolute atomic E-state index is 13.4. The third kappa shape index (κ3) is 8.60. The van der Waals surface area contributed by atoms with E-state index in [-0.39, 0.29) is 49.6 Å². The fourth-order valence-electron chi connectivity index (χ4n) is 5.53. The van der Waals surface area contributed by atoms with Crippen LogP contribution < -0.4 is 10.6 Å². The van der Waals surface area contributed by atoms with E-state index in [9.17, 15) is 18.4 Å². The van der Waals surface area contributed by atoms with Crippen LogP contribution in [0.3, 0.4) is 0 Å². The smallest absolute Gasteiger partial charge is 0.335 e. The molecule has 0 unspecified atom stereocenters. The van der Waals surface area contributed by atoms with Crippen molar-refractivity contribution < 1.29 is 23.5 Å². The summed E-state index contributed by atoms with van der Waals surface area (Å²) in [5.74, 6) is -2.52. The van der Waals surface area contributed by atoms with Crippen molar-refractivity contribution >= 4 is 48.0 Å². The largest absolute Gasteiger partial charge is 0.478 e. The second kappa shape index (κ2) is 13.7. The van der Waals surface area contributed by atoms with Gasteiger partial charge in [-0.05, 0) is 81.4 Å². The average molecular weight is 605 g/mol. The first-order valence-corrected chi connectivity index (χ1v) is 14.2. The summed E-state index contributed by atoms with van der Waals surface area (Å²) in [6.45, 7) is 3.95. The van der Waals surface area contributed by atoms with Crippen LogP contribution in [0.4, 0.5) is 8.78 Å². The van der Waals surface area contributed by atoms with Crippen molar-refractivity contribution in [2.75, 3.05) is 19.6 Å². The van der Waals surface area contributed by atoms with E-state index in [1.807, 2.05) is 23.6 Å². The summed E-state index contributed by atoms with van der Waals surface area (Å²) in [4.78, 5) is 27.3. The number of nitrogens with zero attached hydrogens (tertiary/aromatic N) is 1. The molecule has 216 valence electrons. The Morgan fingerprint density at radius 1 is 1.03 bits per heavy atom. The Morgan fingerprint density at radius 2 is 1.69 bits per heavy atom. The van der Waals surface area contributed by atoms with Crippen LogP contribution in [0.25, 0.3) is 0 Å². The summed E-state index contributed by atoms with van der Waals surface area (Å²) in [5, 5.41) is 17.6. The molecule has 11 heteroatoms. The molecule has 1 amide bonds. The molecule has 2 aromatic rings. The lowest BCUT2D eigenvalue weighted by atomic mass is 9.92. The lowest BCUT2D eigenvalue weighted by molar-refractivity contribution is -0.0399. The van der Waals surface area contributed by atoms with E-state index in [4.69, 9.17) is 5.11 Å². The molecule has 0 spiro atoms. The molecule has 2 heterocycles. The molecule has 1 aliphatic heterocycles. The van der Waals surface area contributed by atoms with Crippen molar-refractivity contribution in [1.82, 2.24) is 15.5 Å². The predicted molar refractivity (Wildman–Crippen MR) is 154 cm³/mol. The molecule has 1 aromatic heterocycles. The number of aromatic carboxylic acids is 1. The van der Waals surface area contributed by atoms with Gasteiger partial charge in [-0.25, -0.2) is 13.6 Å². The van der Waals surface area contributed by atoms with Crippen LogP contribution in [-0.2, 0) is 6.54 Å². The topological polar surface area (TPSA) is 81.7 Å². The zero-order valence-electron chi connectivity index (χ0n) is 21.7. The highest BCUT2D eigenvalue weighted by molar-refractivity contribution is 7.10. The Kier molecular flexibility index (Phi) is 11.2. The molecule has 0 bridgehead atoms. The van der Waals surface area contributed by atoms with E-state index < -0.39 is 11.9 Å². The summed E-state index contributed by atoms with van der Waals surface area (Å²) < 4.78 is 26.7. The van der Waals surface area contributed by atoms with Crippen LogP contribution in [0.5, 0.6) is 0 Å². The number of carbonyl (C=O) groups is 2. The van der Waals surface area contributed by atoms with Gasteiger partial charge in [-0.2, -0.15) is 0 Å². The third-order valence-electron chi connectivity index (χ3n) is 8.07. The first-order valence-electron chi connectivity index (χ1n) is 13.3. The molecule has 3 aliphatic rings. The zero-order chi connectivity index (χ0) is 26.0. The number of rotatable bonds is 9. The number of carboxylic acids is 1. The Morgan fingerprint density at radius 3 is 2.33 bits per heavy atom. The summed E-state index contributed by atoms with van der Waals surface area (Å²) in [7, 11) is 0. The molecule has 6 nitrogen and oxygen atoms in total. The minimum Gasteiger partial charge on any atom is -0.478 e. The standard InChI is InChI=1S/C28H35F2N3O3S.2ClH/c29-28(30)9-5-22(6-10-28)32-26(34)21-13-25(37-17-21)23-14-24(23)31-15-18-7-11-33(12-8-18)16-19-1-3-20(4-2-19)27(35)36;;/h1-4,13,17-18,22-24,31H,5-12,14-16H2,(H,32,34)(H,35,36);2*1H/t23-,24-;;/m1../s1. The molecule has 3 fully saturated rings. The van der Waals surface area contributed by atoms with Crippen LogP contribution in [0.15, 0.2) is 35.7 Å². The highest BCUT2D eigenvalue weighted by Crippen LogP contribution is 2.44. The van der Waals surface area contributed by atoms with Gasteiger partial charge in [0.05, 0.1) is 11.1 Å². The number of alkyl halides is 2. The maximum atomic E-state index is 13.4. The monoisotopic (exact) mass is 603 g/mol. The third-order valence-corrected chi connectivity index (χ3v) is 9.14. The Labute approximate surface area is 244 Å². The Hall–Kier alpha value is -1.78. The number of halogens is 4. The lowest BCUT2D eigenvalue weighted by Crippen LogP contribution is -2.40. The van der Waals surface area contributed by atoms with Crippen LogP contribution in [-0.4, -0.2) is 59.5 Å². The summed E-state index contributed by atoms with van der Waals surface area (Å²) in [6.07, 6.45) is 3.76. The Balaban J connectivity index is 0.00000210. The van der Waals surface area contributed by atoms with Crippen molar-refractivity contribution in [2.24, 2.45) is 5.92 Å². The van der Waals surface area contributed by atoms with Gasteiger partial charge in [0.15, 0.2) is 0 Å². The van der Waals surface area contributed by atoms with E-state index in [0.29, 0.717) is 41.8 Å². The number of amides is 1. The SMILES string of the molecule is Cl.Cl.O=C(O)c1ccc(CN2CCC(CN[C@@H]3C[C@H]3c3cc(C(=O)NC4CCC(F)(F)CC4)cs3)CC2)cc1. The van der Waals surface area contributed by atoms with E-state index in [2.05, 4.69) is 15.5 Å². The number of piperidine rings is 1. The van der Waals surface area contributed by atoms with Gasteiger partial charge in [0.2, 0.25) is 5.92 Å².